The van der Waals surface area contributed by atoms with Gasteiger partial charge in [-0.2, -0.15) is 4.31 Å². The molecule has 0 saturated heterocycles. The summed E-state index contributed by atoms with van der Waals surface area (Å²) >= 11 is 0. The van der Waals surface area contributed by atoms with Crippen molar-refractivity contribution in [2.75, 3.05) is 33.9 Å². The summed E-state index contributed by atoms with van der Waals surface area (Å²) < 4.78 is 39.1. The molecule has 3 atom stereocenters. The number of fused-ring (bicyclic) bond motifs is 1. The number of rotatable bonds is 8. The summed E-state index contributed by atoms with van der Waals surface area (Å²) in [6.45, 7) is 3.78. The van der Waals surface area contributed by atoms with E-state index < -0.39 is 22.2 Å². The van der Waals surface area contributed by atoms with Crippen molar-refractivity contribution in [3.8, 4) is 22.8 Å². The molecule has 1 aliphatic heterocycles. The lowest BCUT2D eigenvalue weighted by molar-refractivity contribution is 0.0373. The molecular formula is C28H33N3O6S. The Morgan fingerprint density at radius 1 is 1.16 bits per heavy atom. The molecule has 10 heteroatoms. The van der Waals surface area contributed by atoms with Crippen molar-refractivity contribution in [1.82, 2.24) is 14.2 Å². The van der Waals surface area contributed by atoms with Gasteiger partial charge in [0.05, 0.1) is 31.2 Å². The third kappa shape index (κ3) is 5.67. The van der Waals surface area contributed by atoms with Gasteiger partial charge in [-0.15, -0.1) is 0 Å². The van der Waals surface area contributed by atoms with E-state index in [9.17, 15) is 18.3 Å². The lowest BCUT2D eigenvalue weighted by Crippen LogP contribution is -2.50. The number of likely N-dealkylation sites (N-methyl/N-ethyl adjacent to an activating group) is 1. The van der Waals surface area contributed by atoms with E-state index in [0.29, 0.717) is 11.3 Å². The number of benzene rings is 2. The zero-order valence-electron chi connectivity index (χ0n) is 21.9. The highest BCUT2D eigenvalue weighted by Crippen LogP contribution is 2.31. The van der Waals surface area contributed by atoms with Crippen LogP contribution in [0.2, 0.25) is 0 Å². The molecule has 4 rings (SSSR count). The molecule has 0 saturated carbocycles. The van der Waals surface area contributed by atoms with E-state index in [0.717, 1.165) is 5.56 Å². The highest BCUT2D eigenvalue weighted by atomic mass is 32.2. The Bertz CT molecular complexity index is 1370. The predicted octanol–water partition coefficient (Wildman–Crippen LogP) is 3.30. The summed E-state index contributed by atoms with van der Waals surface area (Å²) in [4.78, 5) is 19.9. The monoisotopic (exact) mass is 539 g/mol. The number of amides is 1. The van der Waals surface area contributed by atoms with Gasteiger partial charge in [-0.1, -0.05) is 37.3 Å². The van der Waals surface area contributed by atoms with Gasteiger partial charge < -0.3 is 19.5 Å². The van der Waals surface area contributed by atoms with Crippen molar-refractivity contribution < 1.29 is 27.8 Å². The van der Waals surface area contributed by atoms with E-state index in [1.807, 2.05) is 31.2 Å². The zero-order chi connectivity index (χ0) is 27.4. The van der Waals surface area contributed by atoms with Crippen LogP contribution in [0.4, 0.5) is 0 Å². The molecule has 0 spiro atoms. The fourth-order valence-electron chi connectivity index (χ4n) is 4.39. The van der Waals surface area contributed by atoms with E-state index in [4.69, 9.17) is 9.47 Å². The molecule has 0 fully saturated rings. The van der Waals surface area contributed by atoms with Gasteiger partial charge in [0.15, 0.2) is 0 Å². The second kappa shape index (κ2) is 11.5. The van der Waals surface area contributed by atoms with Gasteiger partial charge >= 0.3 is 0 Å². The third-order valence-corrected chi connectivity index (χ3v) is 8.67. The van der Waals surface area contributed by atoms with E-state index >= 15 is 0 Å². The number of nitrogens with zero attached hydrogens (tertiary/aromatic N) is 3. The second-order valence-corrected chi connectivity index (χ2v) is 11.6. The van der Waals surface area contributed by atoms with Gasteiger partial charge in [0.2, 0.25) is 15.9 Å². The Hall–Kier alpha value is -3.47. The summed E-state index contributed by atoms with van der Waals surface area (Å²) in [6.07, 6.45) is 1.03. The number of aliphatic hydroxyl groups is 1. The number of hydrogen-bond donors (Lipinski definition) is 1. The van der Waals surface area contributed by atoms with E-state index in [2.05, 4.69) is 4.98 Å². The number of methoxy groups -OCH3 is 1. The van der Waals surface area contributed by atoms with Crippen molar-refractivity contribution in [2.45, 2.75) is 30.9 Å². The number of sulfonamides is 1. The molecule has 2 aromatic carbocycles. The van der Waals surface area contributed by atoms with E-state index in [-0.39, 0.29) is 47.9 Å². The minimum Gasteiger partial charge on any atom is -0.497 e. The molecule has 0 unspecified atom stereocenters. The Balaban J connectivity index is 1.70. The number of aromatic nitrogens is 1. The minimum absolute atomic E-state index is 0.0509. The average molecular weight is 540 g/mol. The maximum atomic E-state index is 13.7. The molecule has 38 heavy (non-hydrogen) atoms. The molecule has 202 valence electrons. The van der Waals surface area contributed by atoms with Crippen molar-refractivity contribution in [2.24, 2.45) is 5.92 Å². The Morgan fingerprint density at radius 3 is 2.47 bits per heavy atom. The topological polar surface area (TPSA) is 109 Å². The minimum atomic E-state index is -3.75. The van der Waals surface area contributed by atoms with Crippen LogP contribution < -0.4 is 9.47 Å². The first-order valence-electron chi connectivity index (χ1n) is 12.4. The SMILES string of the molecule is COc1ccc(-c2cnc3c(c2)C(=O)N([C@H](C)CO)C[C@H](C)[C@H](CN(C)S(=O)(=O)c2ccccc2)O3)cc1. The number of carbonyl (C=O) groups is 1. The maximum Gasteiger partial charge on any atom is 0.259 e. The molecule has 2 heterocycles. The van der Waals surface area contributed by atoms with Crippen LogP contribution >= 0.6 is 0 Å². The Kier molecular flexibility index (Phi) is 8.35. The van der Waals surface area contributed by atoms with Crippen LogP contribution in [0.1, 0.15) is 24.2 Å². The van der Waals surface area contributed by atoms with Crippen molar-refractivity contribution in [1.29, 1.82) is 0 Å². The molecule has 1 amide bonds. The molecule has 1 N–H and O–H groups in total. The van der Waals surface area contributed by atoms with Gasteiger partial charge in [0.25, 0.3) is 5.91 Å². The van der Waals surface area contributed by atoms with E-state index in [1.54, 1.807) is 61.5 Å². The van der Waals surface area contributed by atoms with Crippen LogP contribution in [0.15, 0.2) is 71.8 Å². The van der Waals surface area contributed by atoms with Crippen LogP contribution in [0.3, 0.4) is 0 Å². The van der Waals surface area contributed by atoms with E-state index in [1.165, 1.54) is 11.4 Å². The van der Waals surface area contributed by atoms with Crippen LogP contribution in [-0.4, -0.2) is 79.6 Å². The Morgan fingerprint density at radius 2 is 1.84 bits per heavy atom. The van der Waals surface area contributed by atoms with Crippen molar-refractivity contribution >= 4 is 15.9 Å². The predicted molar refractivity (Wildman–Crippen MR) is 144 cm³/mol. The fraction of sp³-hybridized carbons (Fsp3) is 0.357. The number of aliphatic hydroxyl groups excluding tert-OH is 1. The third-order valence-electron chi connectivity index (χ3n) is 6.83. The number of ether oxygens (including phenoxy) is 2. The quantitative estimate of drug-likeness (QED) is 0.468. The molecule has 0 bridgehead atoms. The van der Waals surface area contributed by atoms with Gasteiger partial charge in [0.1, 0.15) is 17.4 Å². The summed E-state index contributed by atoms with van der Waals surface area (Å²) in [5, 5.41) is 9.89. The highest BCUT2D eigenvalue weighted by Gasteiger charge is 2.36. The molecule has 0 aliphatic carbocycles. The number of hydrogen-bond acceptors (Lipinski definition) is 7. The molecule has 9 nitrogen and oxygen atoms in total. The lowest BCUT2D eigenvalue weighted by atomic mass is 9.99. The average Bonchev–Trinajstić information content (AvgIpc) is 2.94. The largest absolute Gasteiger partial charge is 0.497 e. The first kappa shape index (κ1) is 27.6. The fourth-order valence-corrected chi connectivity index (χ4v) is 5.59. The van der Waals surface area contributed by atoms with Crippen LogP contribution in [-0.2, 0) is 10.0 Å². The summed E-state index contributed by atoms with van der Waals surface area (Å²) in [5.41, 5.74) is 1.81. The number of pyridine rings is 1. The summed E-state index contributed by atoms with van der Waals surface area (Å²) in [6, 6.07) is 16.9. The van der Waals surface area contributed by atoms with Gasteiger partial charge in [-0.25, -0.2) is 13.4 Å². The molecule has 0 radical (unpaired) electrons. The zero-order valence-corrected chi connectivity index (χ0v) is 22.8. The highest BCUT2D eigenvalue weighted by molar-refractivity contribution is 7.89. The van der Waals surface area contributed by atoms with Gasteiger partial charge in [0, 0.05) is 31.3 Å². The number of carbonyl (C=O) groups excluding carboxylic acids is 1. The van der Waals surface area contributed by atoms with Gasteiger partial charge in [-0.05, 0) is 42.8 Å². The summed E-state index contributed by atoms with van der Waals surface area (Å²) in [7, 11) is -0.648. The summed E-state index contributed by atoms with van der Waals surface area (Å²) in [5.74, 6) is 0.281. The molecular weight excluding hydrogens is 506 g/mol. The lowest BCUT2D eigenvalue weighted by Gasteiger charge is -2.37. The van der Waals surface area contributed by atoms with Crippen molar-refractivity contribution in [3.63, 3.8) is 0 Å². The standard InChI is InChI=1S/C28H33N3O6S/c1-19-16-31(20(2)18-32)28(33)25-14-22(21-10-12-23(36-4)13-11-21)15-29-27(25)37-26(19)17-30(3)38(34,35)24-8-6-5-7-9-24/h5-15,19-20,26,32H,16-18H2,1-4H3/t19-,20+,26-/m0/s1. The van der Waals surface area contributed by atoms with Gasteiger partial charge in [-0.3, -0.25) is 4.79 Å². The maximum absolute atomic E-state index is 13.7. The molecule has 1 aromatic heterocycles. The van der Waals surface area contributed by atoms with Crippen LogP contribution in [0.25, 0.3) is 11.1 Å². The van der Waals surface area contributed by atoms with Crippen LogP contribution in [0, 0.1) is 5.92 Å². The Labute approximate surface area is 223 Å². The first-order valence-corrected chi connectivity index (χ1v) is 13.8. The normalized spacial score (nSPS) is 18.8. The first-order chi connectivity index (χ1) is 18.1. The molecule has 1 aliphatic rings. The molecule has 3 aromatic rings. The smallest absolute Gasteiger partial charge is 0.259 e. The van der Waals surface area contributed by atoms with Crippen LogP contribution in [0.5, 0.6) is 11.6 Å². The van der Waals surface area contributed by atoms with Crippen molar-refractivity contribution in [3.05, 3.63) is 72.4 Å². The second-order valence-electron chi connectivity index (χ2n) is 9.53.